The van der Waals surface area contributed by atoms with Gasteiger partial charge in [0.25, 0.3) is 10.0 Å². The lowest BCUT2D eigenvalue weighted by Gasteiger charge is -2.19. The molecule has 4 rings (SSSR count). The van der Waals surface area contributed by atoms with Gasteiger partial charge in [-0.05, 0) is 98.4 Å². The molecule has 7 heteroatoms. The predicted molar refractivity (Wildman–Crippen MR) is 132 cm³/mol. The predicted octanol–water partition coefficient (Wildman–Crippen LogP) is 4.64. The van der Waals surface area contributed by atoms with Crippen molar-refractivity contribution in [2.45, 2.75) is 37.7 Å². The first-order chi connectivity index (χ1) is 15.9. The molecular formula is C26H30N2O4S. The van der Waals surface area contributed by atoms with E-state index in [4.69, 9.17) is 9.47 Å². The van der Waals surface area contributed by atoms with Crippen LogP contribution in [0.3, 0.4) is 0 Å². The summed E-state index contributed by atoms with van der Waals surface area (Å²) >= 11 is 0. The van der Waals surface area contributed by atoms with Crippen molar-refractivity contribution in [1.82, 2.24) is 5.32 Å². The van der Waals surface area contributed by atoms with Gasteiger partial charge in [0.1, 0.15) is 11.5 Å². The SMILES string of the molecule is COc1ccc(-c2ccc(S(=O)(=O)Nc3cc4c(cc3OC(C)C)CCNCC4)cc2)cc1. The Hall–Kier alpha value is -3.03. The Kier molecular flexibility index (Phi) is 6.91. The number of hydrogen-bond acceptors (Lipinski definition) is 5. The van der Waals surface area contributed by atoms with E-state index < -0.39 is 10.0 Å². The maximum absolute atomic E-state index is 13.2. The Morgan fingerprint density at radius 3 is 2.03 bits per heavy atom. The van der Waals surface area contributed by atoms with E-state index >= 15 is 0 Å². The van der Waals surface area contributed by atoms with Crippen LogP contribution in [-0.2, 0) is 22.9 Å². The molecule has 1 aliphatic heterocycles. The van der Waals surface area contributed by atoms with Crippen molar-refractivity contribution in [3.8, 4) is 22.6 Å². The third-order valence-corrected chi connectivity index (χ3v) is 7.02. The van der Waals surface area contributed by atoms with Crippen LogP contribution in [0.1, 0.15) is 25.0 Å². The minimum Gasteiger partial charge on any atom is -0.497 e. The first kappa shape index (κ1) is 23.1. The number of hydrogen-bond donors (Lipinski definition) is 2. The van der Waals surface area contributed by atoms with E-state index in [1.165, 1.54) is 5.56 Å². The summed E-state index contributed by atoms with van der Waals surface area (Å²) < 4.78 is 40.4. The molecule has 3 aromatic rings. The quantitative estimate of drug-likeness (QED) is 0.531. The highest BCUT2D eigenvalue weighted by Gasteiger charge is 2.20. The van der Waals surface area contributed by atoms with Gasteiger partial charge in [-0.15, -0.1) is 0 Å². The zero-order chi connectivity index (χ0) is 23.4. The summed E-state index contributed by atoms with van der Waals surface area (Å²) in [6, 6.07) is 18.4. The van der Waals surface area contributed by atoms with Gasteiger partial charge < -0.3 is 14.8 Å². The molecule has 1 heterocycles. The fourth-order valence-corrected chi connectivity index (χ4v) is 5.01. The Morgan fingerprint density at radius 1 is 0.879 bits per heavy atom. The zero-order valence-corrected chi connectivity index (χ0v) is 20.0. The average molecular weight is 467 g/mol. The molecule has 6 nitrogen and oxygen atoms in total. The Morgan fingerprint density at radius 2 is 1.45 bits per heavy atom. The smallest absolute Gasteiger partial charge is 0.262 e. The van der Waals surface area contributed by atoms with Gasteiger partial charge in [0.15, 0.2) is 0 Å². The van der Waals surface area contributed by atoms with Gasteiger partial charge in [-0.1, -0.05) is 24.3 Å². The van der Waals surface area contributed by atoms with Gasteiger partial charge in [-0.25, -0.2) is 8.42 Å². The summed E-state index contributed by atoms with van der Waals surface area (Å²) in [5.41, 5.74) is 4.73. The van der Waals surface area contributed by atoms with Crippen LogP contribution in [0.25, 0.3) is 11.1 Å². The van der Waals surface area contributed by atoms with Crippen LogP contribution < -0.4 is 19.5 Å². The molecule has 0 amide bonds. The highest BCUT2D eigenvalue weighted by molar-refractivity contribution is 7.92. The molecule has 0 bridgehead atoms. The summed E-state index contributed by atoms with van der Waals surface area (Å²) in [5.74, 6) is 1.34. The first-order valence-corrected chi connectivity index (χ1v) is 12.6. The molecule has 0 saturated carbocycles. The van der Waals surface area contributed by atoms with Gasteiger partial charge >= 0.3 is 0 Å². The van der Waals surface area contributed by atoms with E-state index in [1.54, 1.807) is 19.2 Å². The molecular weight excluding hydrogens is 436 g/mol. The summed E-state index contributed by atoms with van der Waals surface area (Å²) in [4.78, 5) is 0.201. The molecule has 0 aromatic heterocycles. The second-order valence-electron chi connectivity index (χ2n) is 8.39. The molecule has 3 aromatic carbocycles. The maximum atomic E-state index is 13.2. The lowest BCUT2D eigenvalue weighted by Crippen LogP contribution is -2.16. The van der Waals surface area contributed by atoms with Crippen LogP contribution in [0.4, 0.5) is 5.69 Å². The van der Waals surface area contributed by atoms with Crippen LogP contribution in [0, 0.1) is 0 Å². The highest BCUT2D eigenvalue weighted by atomic mass is 32.2. The number of rotatable bonds is 7. The van der Waals surface area contributed by atoms with E-state index in [0.29, 0.717) is 11.4 Å². The van der Waals surface area contributed by atoms with Crippen molar-refractivity contribution >= 4 is 15.7 Å². The molecule has 1 aliphatic rings. The molecule has 33 heavy (non-hydrogen) atoms. The Bertz CT molecular complexity index is 1200. The molecule has 2 N–H and O–H groups in total. The van der Waals surface area contributed by atoms with Crippen LogP contribution >= 0.6 is 0 Å². The van der Waals surface area contributed by atoms with Crippen molar-refractivity contribution in [2.75, 3.05) is 24.9 Å². The number of fused-ring (bicyclic) bond motifs is 1. The summed E-state index contributed by atoms with van der Waals surface area (Å²) in [6.45, 7) is 5.64. The molecule has 0 unspecified atom stereocenters. The third-order valence-electron chi connectivity index (χ3n) is 5.64. The molecule has 0 radical (unpaired) electrons. The van der Waals surface area contributed by atoms with Crippen molar-refractivity contribution < 1.29 is 17.9 Å². The van der Waals surface area contributed by atoms with E-state index in [1.807, 2.05) is 62.4 Å². The molecule has 0 saturated heterocycles. The van der Waals surface area contributed by atoms with Crippen LogP contribution in [0.5, 0.6) is 11.5 Å². The fraction of sp³-hybridized carbons (Fsp3) is 0.308. The molecule has 0 spiro atoms. The second-order valence-corrected chi connectivity index (χ2v) is 10.1. The van der Waals surface area contributed by atoms with Gasteiger partial charge in [0.05, 0.1) is 23.8 Å². The molecule has 174 valence electrons. The fourth-order valence-electron chi connectivity index (χ4n) is 3.95. The normalized spacial score (nSPS) is 13.8. The third kappa shape index (κ3) is 5.49. The monoisotopic (exact) mass is 466 g/mol. The molecule has 0 atom stereocenters. The highest BCUT2D eigenvalue weighted by Crippen LogP contribution is 2.33. The topological polar surface area (TPSA) is 76.7 Å². The van der Waals surface area contributed by atoms with Crippen LogP contribution in [0.15, 0.2) is 65.6 Å². The van der Waals surface area contributed by atoms with Gasteiger partial charge in [-0.2, -0.15) is 0 Å². The number of ether oxygens (including phenoxy) is 2. The van der Waals surface area contributed by atoms with Crippen molar-refractivity contribution in [3.05, 3.63) is 71.8 Å². The zero-order valence-electron chi connectivity index (χ0n) is 19.2. The first-order valence-electron chi connectivity index (χ1n) is 11.2. The van der Waals surface area contributed by atoms with E-state index in [-0.39, 0.29) is 11.0 Å². The van der Waals surface area contributed by atoms with Crippen molar-refractivity contribution in [1.29, 1.82) is 0 Å². The lowest BCUT2D eigenvalue weighted by molar-refractivity contribution is 0.243. The number of nitrogens with one attached hydrogen (secondary N) is 2. The van der Waals surface area contributed by atoms with Crippen LogP contribution in [-0.4, -0.2) is 34.7 Å². The van der Waals surface area contributed by atoms with Gasteiger partial charge in [0, 0.05) is 0 Å². The van der Waals surface area contributed by atoms with Crippen LogP contribution in [0.2, 0.25) is 0 Å². The maximum Gasteiger partial charge on any atom is 0.262 e. The standard InChI is InChI=1S/C26H30N2O4S/c1-18(2)32-26-17-22-13-15-27-14-12-21(22)16-25(26)28-33(29,30)24-10-6-20(7-11-24)19-4-8-23(31-3)9-5-19/h4-11,16-18,27-28H,12-15H2,1-3H3. The lowest BCUT2D eigenvalue weighted by atomic mass is 10.0. The second kappa shape index (κ2) is 9.85. The van der Waals surface area contributed by atoms with E-state index in [2.05, 4.69) is 10.0 Å². The van der Waals surface area contributed by atoms with E-state index in [0.717, 1.165) is 48.4 Å². The summed E-state index contributed by atoms with van der Waals surface area (Å²) in [5, 5.41) is 3.39. The molecule has 0 aliphatic carbocycles. The Balaban J connectivity index is 1.61. The minimum absolute atomic E-state index is 0.0704. The number of sulfonamides is 1. The van der Waals surface area contributed by atoms with Crippen molar-refractivity contribution in [3.63, 3.8) is 0 Å². The number of methoxy groups -OCH3 is 1. The summed E-state index contributed by atoms with van der Waals surface area (Å²) in [6.07, 6.45) is 1.67. The molecule has 0 fully saturated rings. The number of benzene rings is 3. The summed E-state index contributed by atoms with van der Waals surface area (Å²) in [7, 11) is -2.16. The Labute approximate surface area is 196 Å². The van der Waals surface area contributed by atoms with Gasteiger partial charge in [-0.3, -0.25) is 4.72 Å². The van der Waals surface area contributed by atoms with E-state index in [9.17, 15) is 8.42 Å². The average Bonchev–Trinajstić information content (AvgIpc) is 3.04. The largest absolute Gasteiger partial charge is 0.497 e. The number of anilines is 1. The van der Waals surface area contributed by atoms with Crippen molar-refractivity contribution in [2.24, 2.45) is 0 Å². The van der Waals surface area contributed by atoms with Gasteiger partial charge in [0.2, 0.25) is 0 Å². The minimum atomic E-state index is -3.78.